The number of hydrogen-bond acceptors (Lipinski definition) is 4. The summed E-state index contributed by atoms with van der Waals surface area (Å²) < 4.78 is 1.88. The summed E-state index contributed by atoms with van der Waals surface area (Å²) in [6.07, 6.45) is 3.55. The van der Waals surface area contributed by atoms with Crippen LogP contribution in [-0.2, 0) is 13.6 Å². The lowest BCUT2D eigenvalue weighted by Gasteiger charge is -2.08. The Hall–Kier alpha value is -2.83. The van der Waals surface area contributed by atoms with Crippen LogP contribution in [0.25, 0.3) is 10.8 Å². The highest BCUT2D eigenvalue weighted by Gasteiger charge is 2.08. The van der Waals surface area contributed by atoms with Crippen LogP contribution in [0.15, 0.2) is 40.2 Å². The zero-order chi connectivity index (χ0) is 14.1. The molecule has 3 rings (SSSR count). The van der Waals surface area contributed by atoms with Gasteiger partial charge in [0.05, 0.1) is 17.3 Å². The van der Waals surface area contributed by atoms with Gasteiger partial charge in [0.2, 0.25) is 0 Å². The van der Waals surface area contributed by atoms with Crippen molar-refractivity contribution >= 4 is 16.5 Å². The normalized spacial score (nSPS) is 10.8. The van der Waals surface area contributed by atoms with Gasteiger partial charge in [0.1, 0.15) is 5.82 Å². The average Bonchev–Trinajstić information content (AvgIpc) is 2.86. The average molecular weight is 271 g/mol. The molecule has 20 heavy (non-hydrogen) atoms. The number of hydrogen-bond donors (Lipinski definition) is 3. The summed E-state index contributed by atoms with van der Waals surface area (Å²) in [6.45, 7) is 0.467. The molecular formula is C13H13N5O2. The number of anilines is 1. The Morgan fingerprint density at radius 2 is 2.05 bits per heavy atom. The first kappa shape index (κ1) is 12.2. The second-order valence-electron chi connectivity index (χ2n) is 4.44. The molecule has 0 aliphatic rings. The maximum absolute atomic E-state index is 11.9. The smallest absolute Gasteiger partial charge is 0.272 e. The van der Waals surface area contributed by atoms with Crippen LogP contribution in [0.5, 0.6) is 0 Å². The number of aromatic amines is 2. The van der Waals surface area contributed by atoms with Crippen LogP contribution in [0.3, 0.4) is 0 Å². The Bertz CT molecular complexity index is 874. The first-order valence-corrected chi connectivity index (χ1v) is 6.10. The predicted octanol–water partition coefficient (Wildman–Crippen LogP) is 0.562. The van der Waals surface area contributed by atoms with Crippen LogP contribution < -0.4 is 16.4 Å². The van der Waals surface area contributed by atoms with E-state index < -0.39 is 0 Å². The lowest BCUT2D eigenvalue weighted by Crippen LogP contribution is -2.20. The SMILES string of the molecule is Cn1ccnc1CNc1cccc2c(=O)[nH][nH]c(=O)c12. The molecule has 0 unspecified atom stereocenters. The number of nitrogens with zero attached hydrogens (tertiary/aromatic N) is 2. The lowest BCUT2D eigenvalue weighted by atomic mass is 10.1. The molecule has 0 saturated carbocycles. The van der Waals surface area contributed by atoms with E-state index in [1.165, 1.54) is 0 Å². The van der Waals surface area contributed by atoms with Gasteiger partial charge in [-0.3, -0.25) is 19.8 Å². The highest BCUT2D eigenvalue weighted by atomic mass is 16.1. The molecule has 1 aromatic carbocycles. The highest BCUT2D eigenvalue weighted by molar-refractivity contribution is 5.92. The van der Waals surface area contributed by atoms with Crippen LogP contribution in [-0.4, -0.2) is 19.7 Å². The fourth-order valence-corrected chi connectivity index (χ4v) is 2.12. The Balaban J connectivity index is 2.04. The van der Waals surface area contributed by atoms with Crippen LogP contribution in [0.1, 0.15) is 5.82 Å². The van der Waals surface area contributed by atoms with Crippen LogP contribution in [0.4, 0.5) is 5.69 Å². The summed E-state index contributed by atoms with van der Waals surface area (Å²) in [7, 11) is 1.89. The van der Waals surface area contributed by atoms with Crippen molar-refractivity contribution in [2.45, 2.75) is 6.54 Å². The van der Waals surface area contributed by atoms with Gasteiger partial charge in [-0.15, -0.1) is 0 Å². The molecule has 0 fully saturated rings. The van der Waals surface area contributed by atoms with Gasteiger partial charge < -0.3 is 9.88 Å². The van der Waals surface area contributed by atoms with Crippen molar-refractivity contribution in [1.29, 1.82) is 0 Å². The monoisotopic (exact) mass is 271 g/mol. The standard InChI is InChI=1S/C13H13N5O2/c1-18-6-5-14-10(18)7-15-9-4-2-3-8-11(9)13(20)17-16-12(8)19/h2-6,15H,7H2,1H3,(H,16,19)(H,17,20). The maximum Gasteiger partial charge on any atom is 0.272 e. The molecular weight excluding hydrogens is 258 g/mol. The first-order valence-electron chi connectivity index (χ1n) is 6.10. The number of rotatable bonds is 3. The molecule has 2 heterocycles. The quantitative estimate of drug-likeness (QED) is 0.648. The van der Waals surface area contributed by atoms with Crippen molar-refractivity contribution < 1.29 is 0 Å². The zero-order valence-electron chi connectivity index (χ0n) is 10.8. The molecule has 0 radical (unpaired) electrons. The molecule has 0 aliphatic heterocycles. The summed E-state index contributed by atoms with van der Waals surface area (Å²) in [5, 5.41) is 8.50. The van der Waals surface area contributed by atoms with E-state index in [4.69, 9.17) is 0 Å². The van der Waals surface area contributed by atoms with Crippen LogP contribution in [0, 0.1) is 0 Å². The molecule has 7 nitrogen and oxygen atoms in total. The minimum absolute atomic E-state index is 0.319. The van der Waals surface area contributed by atoms with Gasteiger partial charge in [-0.1, -0.05) is 6.07 Å². The molecule has 0 bridgehead atoms. The molecule has 7 heteroatoms. The highest BCUT2D eigenvalue weighted by Crippen LogP contribution is 2.17. The van der Waals surface area contributed by atoms with E-state index in [9.17, 15) is 9.59 Å². The van der Waals surface area contributed by atoms with Crippen molar-refractivity contribution in [3.63, 3.8) is 0 Å². The molecule has 0 amide bonds. The molecule has 2 aromatic heterocycles. The van der Waals surface area contributed by atoms with E-state index in [2.05, 4.69) is 20.5 Å². The van der Waals surface area contributed by atoms with Gasteiger partial charge in [0.25, 0.3) is 11.1 Å². The van der Waals surface area contributed by atoms with Crippen molar-refractivity contribution in [3.05, 3.63) is 57.1 Å². The third kappa shape index (κ3) is 1.99. The summed E-state index contributed by atoms with van der Waals surface area (Å²) in [4.78, 5) is 27.8. The van der Waals surface area contributed by atoms with Crippen molar-refractivity contribution in [3.8, 4) is 0 Å². The van der Waals surface area contributed by atoms with Gasteiger partial charge in [0, 0.05) is 25.1 Å². The molecule has 102 valence electrons. The minimum atomic E-state index is -0.331. The van der Waals surface area contributed by atoms with Gasteiger partial charge >= 0.3 is 0 Å². The molecule has 3 N–H and O–H groups in total. The molecule has 3 aromatic rings. The van der Waals surface area contributed by atoms with Crippen molar-refractivity contribution in [1.82, 2.24) is 19.7 Å². The van der Waals surface area contributed by atoms with Gasteiger partial charge in [-0.05, 0) is 12.1 Å². The summed E-state index contributed by atoms with van der Waals surface area (Å²) in [5.74, 6) is 0.836. The van der Waals surface area contributed by atoms with Gasteiger partial charge in [0.15, 0.2) is 0 Å². The second kappa shape index (κ2) is 4.69. The predicted molar refractivity (Wildman–Crippen MR) is 75.7 cm³/mol. The van der Waals surface area contributed by atoms with Crippen LogP contribution >= 0.6 is 0 Å². The maximum atomic E-state index is 11.9. The van der Waals surface area contributed by atoms with E-state index in [0.29, 0.717) is 23.0 Å². The Labute approximate surface area is 113 Å². The largest absolute Gasteiger partial charge is 0.377 e. The Morgan fingerprint density at radius 3 is 2.80 bits per heavy atom. The third-order valence-electron chi connectivity index (χ3n) is 3.18. The van der Waals surface area contributed by atoms with Gasteiger partial charge in [-0.25, -0.2) is 4.98 Å². The Morgan fingerprint density at radius 1 is 1.25 bits per heavy atom. The minimum Gasteiger partial charge on any atom is -0.377 e. The van der Waals surface area contributed by atoms with E-state index >= 15 is 0 Å². The number of imidazole rings is 1. The summed E-state index contributed by atoms with van der Waals surface area (Å²) in [6, 6.07) is 5.12. The lowest BCUT2D eigenvalue weighted by molar-refractivity contribution is 0.813. The molecule has 0 saturated heterocycles. The first-order chi connectivity index (χ1) is 9.66. The number of nitrogens with one attached hydrogen (secondary N) is 3. The molecule has 0 aliphatic carbocycles. The summed E-state index contributed by atoms with van der Waals surface area (Å²) in [5.41, 5.74) is -0.0411. The number of aryl methyl sites for hydroxylation is 1. The topological polar surface area (TPSA) is 95.6 Å². The van der Waals surface area contributed by atoms with Crippen molar-refractivity contribution in [2.75, 3.05) is 5.32 Å². The Kier molecular flexibility index (Phi) is 2.86. The fourth-order valence-electron chi connectivity index (χ4n) is 2.12. The van der Waals surface area contributed by atoms with E-state index in [0.717, 1.165) is 5.82 Å². The third-order valence-corrected chi connectivity index (χ3v) is 3.18. The second-order valence-corrected chi connectivity index (χ2v) is 4.44. The number of fused-ring (bicyclic) bond motifs is 1. The number of aromatic nitrogens is 4. The molecule has 0 atom stereocenters. The van der Waals surface area contributed by atoms with Crippen molar-refractivity contribution in [2.24, 2.45) is 7.05 Å². The van der Waals surface area contributed by atoms with E-state index in [1.54, 1.807) is 24.4 Å². The van der Waals surface area contributed by atoms with Crippen LogP contribution in [0.2, 0.25) is 0 Å². The zero-order valence-corrected chi connectivity index (χ0v) is 10.8. The van der Waals surface area contributed by atoms with E-state index in [-0.39, 0.29) is 11.1 Å². The van der Waals surface area contributed by atoms with E-state index in [1.807, 2.05) is 17.8 Å². The number of H-pyrrole nitrogens is 2. The van der Waals surface area contributed by atoms with Gasteiger partial charge in [-0.2, -0.15) is 0 Å². The summed E-state index contributed by atoms with van der Waals surface area (Å²) >= 11 is 0. The fraction of sp³-hybridized carbons (Fsp3) is 0.154. The molecule has 0 spiro atoms. The number of benzene rings is 1.